The average molecular weight is 288 g/mol. The van der Waals surface area contributed by atoms with Gasteiger partial charge >= 0.3 is 5.97 Å². The predicted molar refractivity (Wildman–Crippen MR) is 75.5 cm³/mol. The van der Waals surface area contributed by atoms with Crippen molar-refractivity contribution in [1.29, 1.82) is 0 Å². The molecule has 0 radical (unpaired) electrons. The maximum Gasteiger partial charge on any atom is 0.328 e. The molecule has 2 aromatic carbocycles. The third-order valence-corrected chi connectivity index (χ3v) is 2.74. The van der Waals surface area contributed by atoms with Crippen molar-refractivity contribution in [1.82, 2.24) is 0 Å². The van der Waals surface area contributed by atoms with E-state index in [1.807, 2.05) is 0 Å². The molecule has 0 heterocycles. The van der Waals surface area contributed by atoms with Gasteiger partial charge in [-0.05, 0) is 30.3 Å². The Bertz CT molecular complexity index is 680. The van der Waals surface area contributed by atoms with Gasteiger partial charge < -0.3 is 14.9 Å². The highest BCUT2D eigenvalue weighted by atomic mass is 19.1. The molecule has 0 amide bonds. The summed E-state index contributed by atoms with van der Waals surface area (Å²) in [6.07, 6.45) is 2.15. The zero-order valence-electron chi connectivity index (χ0n) is 11.0. The first kappa shape index (κ1) is 14.7. The molecule has 2 N–H and O–H groups in total. The molecule has 0 bridgehead atoms. The van der Waals surface area contributed by atoms with Crippen LogP contribution in [0.4, 0.5) is 4.39 Å². The van der Waals surface area contributed by atoms with Gasteiger partial charge in [-0.15, -0.1) is 0 Å². The van der Waals surface area contributed by atoms with Gasteiger partial charge in [0.15, 0.2) is 0 Å². The predicted octanol–water partition coefficient (Wildman–Crippen LogP) is 3.21. The van der Waals surface area contributed by atoms with Gasteiger partial charge in [0, 0.05) is 17.2 Å². The molecule has 21 heavy (non-hydrogen) atoms. The van der Waals surface area contributed by atoms with E-state index in [1.165, 1.54) is 24.3 Å². The zero-order chi connectivity index (χ0) is 15.2. The number of halogens is 1. The number of aliphatic hydroxyl groups is 1. The summed E-state index contributed by atoms with van der Waals surface area (Å²) in [5.41, 5.74) is 0.875. The lowest BCUT2D eigenvalue weighted by molar-refractivity contribution is -0.131. The van der Waals surface area contributed by atoms with Gasteiger partial charge in [0.05, 0.1) is 6.61 Å². The molecule has 0 aliphatic carbocycles. The van der Waals surface area contributed by atoms with Crippen molar-refractivity contribution in [3.05, 3.63) is 65.5 Å². The standard InChI is InChI=1S/C16H13FO4/c17-13-6-7-15(11(9-13)5-8-16(19)20)21-14-4-2-1-3-12(14)10-18/h1-9,18H,10H2,(H,19,20). The zero-order valence-corrected chi connectivity index (χ0v) is 11.0. The van der Waals surface area contributed by atoms with E-state index in [-0.39, 0.29) is 6.61 Å². The Hall–Kier alpha value is -2.66. The normalized spacial score (nSPS) is 10.8. The summed E-state index contributed by atoms with van der Waals surface area (Å²) in [6.45, 7) is -0.197. The monoisotopic (exact) mass is 288 g/mol. The smallest absolute Gasteiger partial charge is 0.328 e. The molecule has 0 saturated heterocycles. The van der Waals surface area contributed by atoms with Crippen molar-refractivity contribution in [2.24, 2.45) is 0 Å². The van der Waals surface area contributed by atoms with Crippen molar-refractivity contribution in [3.8, 4) is 11.5 Å². The van der Waals surface area contributed by atoms with E-state index < -0.39 is 11.8 Å². The van der Waals surface area contributed by atoms with Gasteiger partial charge in [0.2, 0.25) is 0 Å². The van der Waals surface area contributed by atoms with Gasteiger partial charge in [0.1, 0.15) is 17.3 Å². The van der Waals surface area contributed by atoms with Crippen molar-refractivity contribution in [2.45, 2.75) is 6.61 Å². The van der Waals surface area contributed by atoms with Crippen LogP contribution < -0.4 is 4.74 Å². The molecule has 108 valence electrons. The Morgan fingerprint density at radius 3 is 2.67 bits per heavy atom. The lowest BCUT2D eigenvalue weighted by Crippen LogP contribution is -1.94. The van der Waals surface area contributed by atoms with Gasteiger partial charge in [-0.25, -0.2) is 9.18 Å². The number of hydrogen-bond acceptors (Lipinski definition) is 3. The minimum atomic E-state index is -1.14. The Morgan fingerprint density at radius 1 is 1.19 bits per heavy atom. The van der Waals surface area contributed by atoms with Crippen molar-refractivity contribution >= 4 is 12.0 Å². The molecule has 0 unspecified atom stereocenters. The topological polar surface area (TPSA) is 66.8 Å². The van der Waals surface area contributed by atoms with Gasteiger partial charge in [-0.1, -0.05) is 18.2 Å². The van der Waals surface area contributed by atoms with Crippen molar-refractivity contribution in [3.63, 3.8) is 0 Å². The first-order valence-corrected chi connectivity index (χ1v) is 6.17. The Balaban J connectivity index is 2.37. The maximum absolute atomic E-state index is 13.3. The Morgan fingerprint density at radius 2 is 1.95 bits per heavy atom. The molecular weight excluding hydrogens is 275 g/mol. The number of carboxylic acid groups (broad SMARTS) is 1. The van der Waals surface area contributed by atoms with Crippen LogP contribution in [0.3, 0.4) is 0 Å². The van der Waals surface area contributed by atoms with E-state index in [4.69, 9.17) is 9.84 Å². The second kappa shape index (κ2) is 6.67. The van der Waals surface area contributed by atoms with E-state index in [0.29, 0.717) is 22.6 Å². The minimum Gasteiger partial charge on any atom is -0.478 e. The fraction of sp³-hybridized carbons (Fsp3) is 0.0625. The first-order valence-electron chi connectivity index (χ1n) is 6.17. The highest BCUT2D eigenvalue weighted by Crippen LogP contribution is 2.29. The molecule has 0 fully saturated rings. The van der Waals surface area contributed by atoms with Crippen LogP contribution >= 0.6 is 0 Å². The van der Waals surface area contributed by atoms with E-state index in [2.05, 4.69) is 0 Å². The molecule has 5 heteroatoms. The number of aliphatic hydroxyl groups excluding tert-OH is 1. The third kappa shape index (κ3) is 3.90. The summed E-state index contributed by atoms with van der Waals surface area (Å²) in [5.74, 6) is -0.907. The van der Waals surface area contributed by atoms with Gasteiger partial charge in [-0.3, -0.25) is 0 Å². The van der Waals surface area contributed by atoms with Gasteiger partial charge in [0.25, 0.3) is 0 Å². The third-order valence-electron chi connectivity index (χ3n) is 2.74. The SMILES string of the molecule is O=C(O)C=Cc1cc(F)ccc1Oc1ccccc1CO. The lowest BCUT2D eigenvalue weighted by Gasteiger charge is -2.11. The van der Waals surface area contributed by atoms with Crippen LogP contribution in [0.15, 0.2) is 48.5 Å². The Kier molecular flexibility index (Phi) is 4.68. The average Bonchev–Trinajstić information content (AvgIpc) is 2.48. The van der Waals surface area contributed by atoms with Crippen LogP contribution in [0.25, 0.3) is 6.08 Å². The fourth-order valence-corrected chi connectivity index (χ4v) is 1.76. The minimum absolute atomic E-state index is 0.197. The molecule has 2 rings (SSSR count). The second-order valence-corrected chi connectivity index (χ2v) is 4.22. The first-order chi connectivity index (χ1) is 10.1. The number of carbonyl (C=O) groups is 1. The molecule has 0 aliphatic rings. The molecule has 0 saturated carbocycles. The maximum atomic E-state index is 13.3. The van der Waals surface area contributed by atoms with E-state index in [0.717, 1.165) is 6.08 Å². The largest absolute Gasteiger partial charge is 0.478 e. The quantitative estimate of drug-likeness (QED) is 0.829. The molecule has 4 nitrogen and oxygen atoms in total. The molecular formula is C16H13FO4. The lowest BCUT2D eigenvalue weighted by atomic mass is 10.1. The van der Waals surface area contributed by atoms with Gasteiger partial charge in [-0.2, -0.15) is 0 Å². The summed E-state index contributed by atoms with van der Waals surface area (Å²) in [5, 5.41) is 17.9. The molecule has 2 aromatic rings. The number of hydrogen-bond donors (Lipinski definition) is 2. The number of benzene rings is 2. The highest BCUT2D eigenvalue weighted by molar-refractivity contribution is 5.85. The van der Waals surface area contributed by atoms with Crippen LogP contribution in [0.1, 0.15) is 11.1 Å². The molecule has 0 atom stereocenters. The summed E-state index contributed by atoms with van der Waals surface area (Å²) in [4.78, 5) is 10.6. The van der Waals surface area contributed by atoms with Crippen LogP contribution in [-0.4, -0.2) is 16.2 Å². The van der Waals surface area contributed by atoms with Crippen LogP contribution in [0.2, 0.25) is 0 Å². The van der Waals surface area contributed by atoms with E-state index >= 15 is 0 Å². The molecule has 0 aliphatic heterocycles. The number of para-hydroxylation sites is 1. The Labute approximate surface area is 120 Å². The number of ether oxygens (including phenoxy) is 1. The van der Waals surface area contributed by atoms with Crippen LogP contribution in [0.5, 0.6) is 11.5 Å². The summed E-state index contributed by atoms with van der Waals surface area (Å²) >= 11 is 0. The van der Waals surface area contributed by atoms with E-state index in [1.54, 1.807) is 24.3 Å². The van der Waals surface area contributed by atoms with E-state index in [9.17, 15) is 14.3 Å². The summed E-state index contributed by atoms with van der Waals surface area (Å²) < 4.78 is 18.9. The van der Waals surface area contributed by atoms with Crippen molar-refractivity contribution in [2.75, 3.05) is 0 Å². The molecule has 0 spiro atoms. The number of rotatable bonds is 5. The number of carboxylic acids is 1. The number of aliphatic carboxylic acids is 1. The molecule has 0 aromatic heterocycles. The second-order valence-electron chi connectivity index (χ2n) is 4.22. The fourth-order valence-electron chi connectivity index (χ4n) is 1.76. The van der Waals surface area contributed by atoms with Crippen LogP contribution in [0, 0.1) is 5.82 Å². The van der Waals surface area contributed by atoms with Crippen LogP contribution in [-0.2, 0) is 11.4 Å². The summed E-state index contributed by atoms with van der Waals surface area (Å²) in [7, 11) is 0. The summed E-state index contributed by atoms with van der Waals surface area (Å²) in [6, 6.07) is 10.7. The van der Waals surface area contributed by atoms with Crippen molar-refractivity contribution < 1.29 is 24.1 Å². The highest BCUT2D eigenvalue weighted by Gasteiger charge is 2.08.